The lowest BCUT2D eigenvalue weighted by Gasteiger charge is -2.16. The van der Waals surface area contributed by atoms with E-state index in [9.17, 15) is 4.39 Å². The number of rotatable bonds is 9. The van der Waals surface area contributed by atoms with Gasteiger partial charge in [-0.1, -0.05) is 36.4 Å². The first-order valence-electron chi connectivity index (χ1n) is 11.8. The van der Waals surface area contributed by atoms with Crippen molar-refractivity contribution in [3.63, 3.8) is 0 Å². The summed E-state index contributed by atoms with van der Waals surface area (Å²) in [5.74, 6) is 1.79. The quantitative estimate of drug-likeness (QED) is 0.244. The predicted molar refractivity (Wildman–Crippen MR) is 139 cm³/mol. The molecule has 1 fully saturated rings. The first-order valence-corrected chi connectivity index (χ1v) is 11.8. The second-order valence-electron chi connectivity index (χ2n) is 8.29. The minimum atomic E-state index is -0.277. The number of nitrogens with zero attached hydrogens (tertiary/aromatic N) is 5. The number of benzene rings is 3. The molecular formula is C27H26FN7O. The van der Waals surface area contributed by atoms with Crippen molar-refractivity contribution in [2.75, 3.05) is 28.7 Å². The van der Waals surface area contributed by atoms with E-state index in [0.717, 1.165) is 37.2 Å². The lowest BCUT2D eigenvalue weighted by Crippen LogP contribution is -2.21. The van der Waals surface area contributed by atoms with Crippen molar-refractivity contribution in [2.45, 2.75) is 19.4 Å². The highest BCUT2D eigenvalue weighted by Gasteiger charge is 2.17. The highest BCUT2D eigenvalue weighted by molar-refractivity contribution is 5.80. The Hall–Kier alpha value is -4.53. The molecule has 182 valence electrons. The molecule has 0 aliphatic carbocycles. The Balaban J connectivity index is 1.24. The first kappa shape index (κ1) is 23.2. The molecule has 2 heterocycles. The molecule has 1 aromatic heterocycles. The van der Waals surface area contributed by atoms with Crippen molar-refractivity contribution in [1.29, 1.82) is 0 Å². The molecule has 9 heteroatoms. The van der Waals surface area contributed by atoms with Gasteiger partial charge in [0.1, 0.15) is 18.2 Å². The van der Waals surface area contributed by atoms with Crippen LogP contribution in [0.1, 0.15) is 24.0 Å². The van der Waals surface area contributed by atoms with Crippen LogP contribution in [0.5, 0.6) is 5.75 Å². The molecule has 1 aliphatic rings. The van der Waals surface area contributed by atoms with Gasteiger partial charge in [0.2, 0.25) is 17.8 Å². The van der Waals surface area contributed by atoms with Gasteiger partial charge in [-0.2, -0.15) is 20.1 Å². The van der Waals surface area contributed by atoms with E-state index >= 15 is 0 Å². The van der Waals surface area contributed by atoms with Gasteiger partial charge in [-0.3, -0.25) is 0 Å². The normalized spacial score (nSPS) is 13.2. The van der Waals surface area contributed by atoms with Gasteiger partial charge in [0.05, 0.1) is 6.21 Å². The second kappa shape index (κ2) is 11.3. The molecule has 0 radical (unpaired) electrons. The van der Waals surface area contributed by atoms with E-state index < -0.39 is 0 Å². The Labute approximate surface area is 208 Å². The topological polar surface area (TPSA) is 87.6 Å². The van der Waals surface area contributed by atoms with Crippen LogP contribution in [-0.4, -0.2) is 34.3 Å². The zero-order valence-corrected chi connectivity index (χ0v) is 19.6. The van der Waals surface area contributed by atoms with Gasteiger partial charge < -0.3 is 15.0 Å². The van der Waals surface area contributed by atoms with Crippen LogP contribution in [0.2, 0.25) is 0 Å². The van der Waals surface area contributed by atoms with Gasteiger partial charge in [0.25, 0.3) is 0 Å². The number of hydrazone groups is 1. The number of halogens is 1. The highest BCUT2D eigenvalue weighted by Crippen LogP contribution is 2.21. The van der Waals surface area contributed by atoms with Crippen LogP contribution >= 0.6 is 0 Å². The van der Waals surface area contributed by atoms with Crippen LogP contribution in [0.4, 0.5) is 27.9 Å². The summed E-state index contributed by atoms with van der Waals surface area (Å²) in [6, 6.07) is 23.7. The third-order valence-corrected chi connectivity index (χ3v) is 5.65. The lowest BCUT2D eigenvalue weighted by atomic mass is 10.2. The summed E-state index contributed by atoms with van der Waals surface area (Å²) in [7, 11) is 0. The Morgan fingerprint density at radius 1 is 0.861 bits per heavy atom. The monoisotopic (exact) mass is 483 g/mol. The van der Waals surface area contributed by atoms with Gasteiger partial charge >= 0.3 is 0 Å². The molecule has 0 amide bonds. The van der Waals surface area contributed by atoms with E-state index in [0.29, 0.717) is 29.2 Å². The summed E-state index contributed by atoms with van der Waals surface area (Å²) < 4.78 is 19.4. The number of hydrogen-bond donors (Lipinski definition) is 2. The molecule has 0 unspecified atom stereocenters. The fourth-order valence-corrected chi connectivity index (χ4v) is 3.77. The van der Waals surface area contributed by atoms with E-state index in [4.69, 9.17) is 4.74 Å². The largest absolute Gasteiger partial charge is 0.489 e. The molecule has 4 aromatic rings. The maximum atomic E-state index is 13.8. The summed E-state index contributed by atoms with van der Waals surface area (Å²) in [4.78, 5) is 15.8. The number of hydrogen-bond acceptors (Lipinski definition) is 8. The zero-order valence-electron chi connectivity index (χ0n) is 19.6. The maximum Gasteiger partial charge on any atom is 0.250 e. The summed E-state index contributed by atoms with van der Waals surface area (Å²) in [5.41, 5.74) is 5.18. The molecule has 0 spiro atoms. The molecule has 0 bridgehead atoms. The molecule has 8 nitrogen and oxygen atoms in total. The number of ether oxygens (including phenoxy) is 1. The first-order chi connectivity index (χ1) is 17.7. The van der Waals surface area contributed by atoms with Gasteiger partial charge in [0, 0.05) is 24.3 Å². The standard InChI is InChI=1S/C27H26FN7O/c28-24-11-5-4-8-21(24)19-36-23-14-12-20(13-15-23)18-29-34-26-31-25(30-22-9-2-1-3-10-22)32-27(33-26)35-16-6-7-17-35/h1-5,8-15,18H,6-7,16-17,19H2,(H2,30,31,32,33,34)/b29-18-. The lowest BCUT2D eigenvalue weighted by molar-refractivity contribution is 0.300. The molecule has 3 aromatic carbocycles. The molecule has 0 saturated carbocycles. The van der Waals surface area contributed by atoms with Crippen LogP contribution in [0.25, 0.3) is 0 Å². The molecule has 36 heavy (non-hydrogen) atoms. The minimum Gasteiger partial charge on any atom is -0.489 e. The average Bonchev–Trinajstić information content (AvgIpc) is 3.45. The van der Waals surface area contributed by atoms with Gasteiger partial charge in [-0.15, -0.1) is 0 Å². The van der Waals surface area contributed by atoms with Gasteiger partial charge in [0.15, 0.2) is 0 Å². The van der Waals surface area contributed by atoms with Crippen molar-refractivity contribution in [3.8, 4) is 5.75 Å². The SMILES string of the molecule is Fc1ccccc1COc1ccc(/C=N\Nc2nc(Nc3ccccc3)nc(N3CCCC3)n2)cc1. The molecular weight excluding hydrogens is 457 g/mol. The summed E-state index contributed by atoms with van der Waals surface area (Å²) in [6.07, 6.45) is 3.91. The van der Waals surface area contributed by atoms with Crippen molar-refractivity contribution in [3.05, 3.63) is 95.8 Å². The summed E-state index contributed by atoms with van der Waals surface area (Å²) >= 11 is 0. The Kier molecular flexibility index (Phi) is 7.27. The molecule has 0 atom stereocenters. The van der Waals surface area contributed by atoms with E-state index in [2.05, 4.69) is 35.7 Å². The molecule has 1 aliphatic heterocycles. The average molecular weight is 484 g/mol. The van der Waals surface area contributed by atoms with E-state index in [1.165, 1.54) is 6.07 Å². The van der Waals surface area contributed by atoms with Gasteiger partial charge in [-0.05, 0) is 60.9 Å². The number of aromatic nitrogens is 3. The second-order valence-corrected chi connectivity index (χ2v) is 8.29. The zero-order chi connectivity index (χ0) is 24.6. The van der Waals surface area contributed by atoms with Crippen LogP contribution in [0.3, 0.4) is 0 Å². The molecule has 5 rings (SSSR count). The van der Waals surface area contributed by atoms with E-state index in [1.807, 2.05) is 54.6 Å². The number of para-hydroxylation sites is 1. The third-order valence-electron chi connectivity index (χ3n) is 5.65. The maximum absolute atomic E-state index is 13.8. The summed E-state index contributed by atoms with van der Waals surface area (Å²) in [6.45, 7) is 2.01. The fourth-order valence-electron chi connectivity index (χ4n) is 3.77. The number of nitrogens with one attached hydrogen (secondary N) is 2. The molecule has 2 N–H and O–H groups in total. The van der Waals surface area contributed by atoms with Crippen LogP contribution in [0.15, 0.2) is 84.0 Å². The predicted octanol–water partition coefficient (Wildman–Crippen LogP) is 5.38. The van der Waals surface area contributed by atoms with E-state index in [-0.39, 0.29) is 12.4 Å². The van der Waals surface area contributed by atoms with Crippen LogP contribution in [-0.2, 0) is 6.61 Å². The van der Waals surface area contributed by atoms with Gasteiger partial charge in [-0.25, -0.2) is 9.82 Å². The number of anilines is 4. The minimum absolute atomic E-state index is 0.166. The highest BCUT2D eigenvalue weighted by atomic mass is 19.1. The fraction of sp³-hybridized carbons (Fsp3) is 0.185. The summed E-state index contributed by atoms with van der Waals surface area (Å²) in [5, 5.41) is 7.53. The Morgan fingerprint density at radius 3 is 2.36 bits per heavy atom. The smallest absolute Gasteiger partial charge is 0.250 e. The molecule has 1 saturated heterocycles. The van der Waals surface area contributed by atoms with Crippen LogP contribution in [0, 0.1) is 5.82 Å². The van der Waals surface area contributed by atoms with E-state index in [1.54, 1.807) is 24.4 Å². The van der Waals surface area contributed by atoms with Crippen molar-refractivity contribution in [2.24, 2.45) is 5.10 Å². The van der Waals surface area contributed by atoms with Crippen molar-refractivity contribution >= 4 is 29.7 Å². The Morgan fingerprint density at radius 2 is 1.58 bits per heavy atom. The van der Waals surface area contributed by atoms with Crippen molar-refractivity contribution < 1.29 is 9.13 Å². The van der Waals surface area contributed by atoms with Crippen molar-refractivity contribution in [1.82, 2.24) is 15.0 Å². The Bertz CT molecular complexity index is 1310. The van der Waals surface area contributed by atoms with Crippen LogP contribution < -0.4 is 20.4 Å². The third kappa shape index (κ3) is 6.12.